The van der Waals surface area contributed by atoms with Crippen LogP contribution in [-0.4, -0.2) is 29.6 Å². The number of aliphatic imine (C=N–C) groups is 1. The van der Waals surface area contributed by atoms with Gasteiger partial charge >= 0.3 is 6.09 Å². The van der Waals surface area contributed by atoms with Crippen molar-refractivity contribution in [3.63, 3.8) is 0 Å². The number of aliphatic hydroxyl groups excluding tert-OH is 1. The summed E-state index contributed by atoms with van der Waals surface area (Å²) in [5, 5.41) is 11.5. The lowest BCUT2D eigenvalue weighted by Crippen LogP contribution is -2.32. The van der Waals surface area contributed by atoms with Crippen LogP contribution in [0.4, 0.5) is 4.79 Å². The van der Waals surface area contributed by atoms with Gasteiger partial charge in [-0.1, -0.05) is 0 Å². The molecule has 1 atom stereocenters. The van der Waals surface area contributed by atoms with Crippen LogP contribution in [-0.2, 0) is 4.74 Å². The molecule has 0 bridgehead atoms. The fourth-order valence-electron chi connectivity index (χ4n) is 1.23. The predicted octanol–water partition coefficient (Wildman–Crippen LogP) is 1.44. The normalized spacial score (nSPS) is 20.2. The first-order valence-electron chi connectivity index (χ1n) is 5.26. The third-order valence-corrected chi connectivity index (χ3v) is 1.90. The molecule has 1 heterocycles. The summed E-state index contributed by atoms with van der Waals surface area (Å²) >= 11 is 0. The average Bonchev–Trinajstić information content (AvgIpc) is 2.15. The number of nitrogens with one attached hydrogen (secondary N) is 1. The molecule has 0 fully saturated rings. The van der Waals surface area contributed by atoms with Gasteiger partial charge in [-0.2, -0.15) is 0 Å². The van der Waals surface area contributed by atoms with Gasteiger partial charge < -0.3 is 9.84 Å². The van der Waals surface area contributed by atoms with Crippen LogP contribution in [0.15, 0.2) is 16.9 Å². The fourth-order valence-corrected chi connectivity index (χ4v) is 1.23. The molecule has 0 saturated carbocycles. The van der Waals surface area contributed by atoms with Crippen molar-refractivity contribution in [2.45, 2.75) is 32.8 Å². The van der Waals surface area contributed by atoms with Gasteiger partial charge in [-0.25, -0.2) is 9.79 Å². The lowest BCUT2D eigenvalue weighted by atomic mass is 10.1. The topological polar surface area (TPSA) is 70.9 Å². The van der Waals surface area contributed by atoms with Crippen molar-refractivity contribution in [2.24, 2.45) is 10.9 Å². The van der Waals surface area contributed by atoms with Crippen molar-refractivity contribution in [2.75, 3.05) is 6.61 Å². The summed E-state index contributed by atoms with van der Waals surface area (Å²) in [6, 6.07) is 0. The minimum absolute atomic E-state index is 0.0161. The van der Waals surface area contributed by atoms with E-state index >= 15 is 0 Å². The summed E-state index contributed by atoms with van der Waals surface area (Å²) in [6.07, 6.45) is 3.56. The SMILES string of the molecule is CC(C)(C)OC(=O)NC1=CC(CO)CC=N1. The molecule has 0 aromatic rings. The number of hydrogen-bond donors (Lipinski definition) is 2. The number of amides is 1. The summed E-state index contributed by atoms with van der Waals surface area (Å²) in [6.45, 7) is 5.43. The first kappa shape index (κ1) is 12.7. The Morgan fingerprint density at radius 2 is 2.38 bits per heavy atom. The number of hydrogen-bond acceptors (Lipinski definition) is 4. The Kier molecular flexibility index (Phi) is 4.06. The molecule has 16 heavy (non-hydrogen) atoms. The van der Waals surface area contributed by atoms with E-state index < -0.39 is 11.7 Å². The molecule has 2 N–H and O–H groups in total. The molecule has 0 aliphatic carbocycles. The molecule has 1 aliphatic heterocycles. The minimum Gasteiger partial charge on any atom is -0.444 e. The number of carbonyl (C=O) groups is 1. The first-order valence-corrected chi connectivity index (χ1v) is 5.26. The lowest BCUT2D eigenvalue weighted by molar-refractivity contribution is 0.0544. The molecule has 1 aliphatic rings. The standard InChI is InChI=1S/C11H18N2O3/c1-11(2,3)16-10(15)13-9-6-8(7-14)4-5-12-9/h5-6,8,14H,4,7H2,1-3H3,(H,13,15). The van der Waals surface area contributed by atoms with Gasteiger partial charge in [0.1, 0.15) is 11.4 Å². The highest BCUT2D eigenvalue weighted by atomic mass is 16.6. The van der Waals surface area contributed by atoms with Gasteiger partial charge in [-0.3, -0.25) is 5.32 Å². The van der Waals surface area contributed by atoms with Crippen LogP contribution in [0.2, 0.25) is 0 Å². The number of ether oxygens (including phenoxy) is 1. The van der Waals surface area contributed by atoms with Gasteiger partial charge in [-0.15, -0.1) is 0 Å². The van der Waals surface area contributed by atoms with Crippen LogP contribution in [0, 0.1) is 5.92 Å². The summed E-state index contributed by atoms with van der Waals surface area (Å²) in [7, 11) is 0. The van der Waals surface area contributed by atoms with E-state index in [0.717, 1.165) is 0 Å². The van der Waals surface area contributed by atoms with E-state index in [1.807, 2.05) is 0 Å². The second kappa shape index (κ2) is 5.12. The van der Waals surface area contributed by atoms with Gasteiger partial charge in [-0.05, 0) is 33.3 Å². The largest absolute Gasteiger partial charge is 0.444 e. The molecular weight excluding hydrogens is 208 g/mol. The van der Waals surface area contributed by atoms with Crippen LogP contribution in [0.25, 0.3) is 0 Å². The zero-order valence-corrected chi connectivity index (χ0v) is 9.86. The van der Waals surface area contributed by atoms with E-state index in [4.69, 9.17) is 9.84 Å². The highest BCUT2D eigenvalue weighted by Crippen LogP contribution is 2.12. The van der Waals surface area contributed by atoms with Gasteiger partial charge in [0.2, 0.25) is 0 Å². The highest BCUT2D eigenvalue weighted by molar-refractivity contribution is 5.71. The Morgan fingerprint density at radius 3 is 2.94 bits per heavy atom. The molecule has 0 spiro atoms. The molecule has 1 amide bonds. The third kappa shape index (κ3) is 4.44. The molecule has 5 nitrogen and oxygen atoms in total. The summed E-state index contributed by atoms with van der Waals surface area (Å²) < 4.78 is 5.08. The lowest BCUT2D eigenvalue weighted by Gasteiger charge is -2.20. The maximum atomic E-state index is 11.4. The van der Waals surface area contributed by atoms with Gasteiger partial charge in [0.25, 0.3) is 0 Å². The second-order valence-electron chi connectivity index (χ2n) is 4.67. The third-order valence-electron chi connectivity index (χ3n) is 1.90. The Labute approximate surface area is 95.2 Å². The van der Waals surface area contributed by atoms with Gasteiger partial charge in [0, 0.05) is 18.7 Å². The van der Waals surface area contributed by atoms with E-state index in [0.29, 0.717) is 12.2 Å². The van der Waals surface area contributed by atoms with Crippen LogP contribution in [0.5, 0.6) is 0 Å². The van der Waals surface area contributed by atoms with Crippen molar-refractivity contribution in [3.05, 3.63) is 11.9 Å². The zero-order valence-electron chi connectivity index (χ0n) is 9.86. The summed E-state index contributed by atoms with van der Waals surface area (Å²) in [4.78, 5) is 15.4. The Balaban J connectivity index is 2.51. The average molecular weight is 226 g/mol. The van der Waals surface area contributed by atoms with Crippen molar-refractivity contribution >= 4 is 12.3 Å². The van der Waals surface area contributed by atoms with E-state index in [9.17, 15) is 4.79 Å². The molecule has 1 rings (SSSR count). The smallest absolute Gasteiger partial charge is 0.413 e. The quantitative estimate of drug-likeness (QED) is 0.748. The Hall–Kier alpha value is -1.36. The molecule has 0 aromatic heterocycles. The van der Waals surface area contributed by atoms with Crippen molar-refractivity contribution < 1.29 is 14.6 Å². The summed E-state index contributed by atoms with van der Waals surface area (Å²) in [5.74, 6) is 0.446. The van der Waals surface area contributed by atoms with Crippen LogP contribution >= 0.6 is 0 Å². The number of aliphatic hydroxyl groups is 1. The highest BCUT2D eigenvalue weighted by Gasteiger charge is 2.18. The molecule has 5 heteroatoms. The molecular formula is C11H18N2O3. The fraction of sp³-hybridized carbons (Fsp3) is 0.636. The van der Waals surface area contributed by atoms with Crippen molar-refractivity contribution in [3.8, 4) is 0 Å². The van der Waals surface area contributed by atoms with E-state index in [1.54, 1.807) is 33.1 Å². The molecule has 0 aromatic carbocycles. The number of nitrogens with zero attached hydrogens (tertiary/aromatic N) is 1. The predicted molar refractivity (Wildman–Crippen MR) is 61.1 cm³/mol. The van der Waals surface area contributed by atoms with E-state index in [1.165, 1.54) is 0 Å². The number of rotatable bonds is 2. The zero-order chi connectivity index (χ0) is 12.2. The Bertz CT molecular complexity index is 316. The maximum Gasteiger partial charge on any atom is 0.413 e. The van der Waals surface area contributed by atoms with E-state index in [-0.39, 0.29) is 12.5 Å². The number of carbonyl (C=O) groups excluding carboxylic acids is 1. The van der Waals surface area contributed by atoms with Gasteiger partial charge in [0.05, 0.1) is 0 Å². The van der Waals surface area contributed by atoms with Crippen molar-refractivity contribution in [1.82, 2.24) is 5.32 Å². The summed E-state index contributed by atoms with van der Waals surface area (Å²) in [5.41, 5.74) is -0.528. The second-order valence-corrected chi connectivity index (χ2v) is 4.67. The van der Waals surface area contributed by atoms with Crippen LogP contribution in [0.1, 0.15) is 27.2 Å². The van der Waals surface area contributed by atoms with Crippen LogP contribution < -0.4 is 5.32 Å². The van der Waals surface area contributed by atoms with E-state index in [2.05, 4.69) is 10.3 Å². The Morgan fingerprint density at radius 1 is 1.69 bits per heavy atom. The monoisotopic (exact) mass is 226 g/mol. The van der Waals surface area contributed by atoms with Crippen LogP contribution in [0.3, 0.4) is 0 Å². The molecule has 0 radical (unpaired) electrons. The molecule has 0 saturated heterocycles. The number of alkyl carbamates (subject to hydrolysis) is 1. The molecule has 90 valence electrons. The van der Waals surface area contributed by atoms with Crippen molar-refractivity contribution in [1.29, 1.82) is 0 Å². The molecule has 1 unspecified atom stereocenters. The minimum atomic E-state index is -0.533. The maximum absolute atomic E-state index is 11.4. The first-order chi connectivity index (χ1) is 7.40. The van der Waals surface area contributed by atoms with Gasteiger partial charge in [0.15, 0.2) is 0 Å².